The number of nitro benzene ring substituents is 1. The maximum absolute atomic E-state index is 10.5. The van der Waals surface area contributed by atoms with Crippen LogP contribution >= 0.6 is 8.25 Å². The largest absolute Gasteiger partial charge is 0.695 e. The molecule has 0 aliphatic carbocycles. The van der Waals surface area contributed by atoms with Gasteiger partial charge in [0, 0.05) is 10.6 Å². The molecule has 1 rings (SSSR count). The first kappa shape index (κ1) is 16.6. The fraction of sp³-hybridized carbons (Fsp3) is 0.455. The predicted octanol–water partition coefficient (Wildman–Crippen LogP) is 3.57. The maximum Gasteiger partial charge on any atom is 0.695 e. The van der Waals surface area contributed by atoms with Crippen LogP contribution in [-0.4, -0.2) is 9.82 Å². The Labute approximate surface area is 107 Å². The van der Waals surface area contributed by atoms with E-state index in [4.69, 9.17) is 4.89 Å². The fourth-order valence-electron chi connectivity index (χ4n) is 0.936. The summed E-state index contributed by atoms with van der Waals surface area (Å²) in [6.45, 7) is 4.11. The minimum atomic E-state index is -2.73. The molecule has 1 unspecified atom stereocenters. The van der Waals surface area contributed by atoms with Gasteiger partial charge < -0.3 is 0 Å². The van der Waals surface area contributed by atoms with E-state index >= 15 is 0 Å². The van der Waals surface area contributed by atoms with E-state index in [1.54, 1.807) is 6.07 Å². The third kappa shape index (κ3) is 7.06. The minimum absolute atomic E-state index is 0.121. The summed E-state index contributed by atoms with van der Waals surface area (Å²) in [5.41, 5.74) is 0.152. The zero-order valence-electron chi connectivity index (χ0n) is 10.4. The third-order valence-corrected chi connectivity index (χ3v) is 2.37. The zero-order chi connectivity index (χ0) is 14.0. The number of hydrogen-bond donors (Lipinski definition) is 1. The van der Waals surface area contributed by atoms with Crippen LogP contribution in [0, 0.1) is 10.1 Å². The summed E-state index contributed by atoms with van der Waals surface area (Å²) in [5, 5.41) is 10.5. The molecule has 0 bridgehead atoms. The first-order chi connectivity index (χ1) is 8.52. The number of unbranched alkanes of at least 4 members (excludes halogenated alkanes) is 1. The Hall–Kier alpha value is -1.36. The van der Waals surface area contributed by atoms with E-state index in [0.29, 0.717) is 0 Å². The predicted molar refractivity (Wildman–Crippen MR) is 68.3 cm³/mol. The minimum Gasteiger partial charge on any atom is -0.258 e. The lowest BCUT2D eigenvalue weighted by Crippen LogP contribution is -1.95. The van der Waals surface area contributed by atoms with E-state index < -0.39 is 13.2 Å². The summed E-state index contributed by atoms with van der Waals surface area (Å²) in [5.74, 6) is 0. The van der Waals surface area contributed by atoms with E-state index in [-0.39, 0.29) is 17.9 Å². The van der Waals surface area contributed by atoms with Crippen LogP contribution in [0.15, 0.2) is 24.3 Å². The zero-order valence-corrected chi connectivity index (χ0v) is 11.3. The SMILES string of the molecule is CCCC.O=[N+]([O-])c1ccccc1CO[P+](=O)O. The first-order valence-electron chi connectivity index (χ1n) is 5.54. The second-order valence-electron chi connectivity index (χ2n) is 3.40. The van der Waals surface area contributed by atoms with Crippen molar-refractivity contribution in [1.82, 2.24) is 0 Å². The molecule has 6 nitrogen and oxygen atoms in total. The summed E-state index contributed by atoms with van der Waals surface area (Å²) < 4.78 is 14.6. The molecule has 0 aromatic heterocycles. The quantitative estimate of drug-likeness (QED) is 0.503. The molecule has 0 spiro atoms. The van der Waals surface area contributed by atoms with Gasteiger partial charge >= 0.3 is 8.25 Å². The standard InChI is InChI=1S/C7H6NO5P.C4H10/c9-8(10)7-4-2-1-3-6(7)5-13-14(11)12;1-3-4-2/h1-4H,5H2;3-4H2,1-2H3/p+1. The number of hydrogen-bond acceptors (Lipinski definition) is 4. The van der Waals surface area contributed by atoms with Gasteiger partial charge in [-0.2, -0.15) is 0 Å². The monoisotopic (exact) mass is 274 g/mol. The molecule has 100 valence electrons. The van der Waals surface area contributed by atoms with Crippen molar-refractivity contribution in [3.8, 4) is 0 Å². The second kappa shape index (κ2) is 9.65. The highest BCUT2D eigenvalue weighted by Gasteiger charge is 2.18. The summed E-state index contributed by atoms with van der Waals surface area (Å²) in [4.78, 5) is 18.3. The van der Waals surface area contributed by atoms with E-state index in [0.717, 1.165) is 0 Å². The van der Waals surface area contributed by atoms with Gasteiger partial charge in [-0.1, -0.05) is 38.8 Å². The van der Waals surface area contributed by atoms with Crippen LogP contribution in [0.5, 0.6) is 0 Å². The highest BCUT2D eigenvalue weighted by atomic mass is 31.1. The molecule has 0 fully saturated rings. The van der Waals surface area contributed by atoms with Crippen molar-refractivity contribution in [3.63, 3.8) is 0 Å². The lowest BCUT2D eigenvalue weighted by Gasteiger charge is -1.96. The smallest absolute Gasteiger partial charge is 0.258 e. The number of rotatable bonds is 5. The summed E-state index contributed by atoms with van der Waals surface area (Å²) in [6.07, 6.45) is 2.64. The van der Waals surface area contributed by atoms with Crippen molar-refractivity contribution in [1.29, 1.82) is 0 Å². The molecule has 7 heteroatoms. The molecule has 1 aromatic carbocycles. The number of benzene rings is 1. The molecule has 0 aliphatic heterocycles. The van der Waals surface area contributed by atoms with Gasteiger partial charge in [0.15, 0.2) is 0 Å². The van der Waals surface area contributed by atoms with Crippen molar-refractivity contribution in [2.45, 2.75) is 33.3 Å². The first-order valence-corrected chi connectivity index (χ1v) is 6.67. The molecule has 0 amide bonds. The van der Waals surface area contributed by atoms with Crippen molar-refractivity contribution in [2.75, 3.05) is 0 Å². The summed E-state index contributed by atoms with van der Waals surface area (Å²) in [6, 6.07) is 5.89. The number of nitrogens with zero attached hydrogens (tertiary/aromatic N) is 1. The molecule has 0 saturated carbocycles. The van der Waals surface area contributed by atoms with Crippen molar-refractivity contribution in [3.05, 3.63) is 39.9 Å². The van der Waals surface area contributed by atoms with Crippen LogP contribution in [0.25, 0.3) is 0 Å². The molecule has 1 N–H and O–H groups in total. The van der Waals surface area contributed by atoms with Crippen LogP contribution in [0.1, 0.15) is 32.3 Å². The Morgan fingerprint density at radius 1 is 1.33 bits per heavy atom. The maximum atomic E-state index is 10.5. The van der Waals surface area contributed by atoms with E-state index in [9.17, 15) is 14.7 Å². The van der Waals surface area contributed by atoms with Crippen LogP contribution in [0.2, 0.25) is 0 Å². The Kier molecular flexibility index (Phi) is 8.92. The average Bonchev–Trinajstić information content (AvgIpc) is 2.36. The average molecular weight is 274 g/mol. The Morgan fingerprint density at radius 3 is 2.33 bits per heavy atom. The summed E-state index contributed by atoms with van der Waals surface area (Å²) in [7, 11) is -2.73. The highest BCUT2D eigenvalue weighted by molar-refractivity contribution is 7.32. The molecule has 18 heavy (non-hydrogen) atoms. The van der Waals surface area contributed by atoms with Gasteiger partial charge in [0.25, 0.3) is 5.69 Å². The Bertz CT molecular complexity index is 395. The lowest BCUT2D eigenvalue weighted by molar-refractivity contribution is -0.385. The molecule has 0 saturated heterocycles. The number of nitro groups is 1. The van der Waals surface area contributed by atoms with E-state index in [1.165, 1.54) is 31.0 Å². The van der Waals surface area contributed by atoms with Gasteiger partial charge in [0.1, 0.15) is 6.61 Å². The Balaban J connectivity index is 0.000000631. The molecule has 0 aliphatic rings. The van der Waals surface area contributed by atoms with Crippen molar-refractivity contribution < 1.29 is 18.9 Å². The molecular formula is C11H17NO5P+. The van der Waals surface area contributed by atoms with Crippen molar-refractivity contribution in [2.24, 2.45) is 0 Å². The number of para-hydroxylation sites is 1. The fourth-order valence-corrected chi connectivity index (χ4v) is 1.19. The van der Waals surface area contributed by atoms with Crippen LogP contribution in [0.4, 0.5) is 5.69 Å². The normalized spacial score (nSPS) is 10.3. The van der Waals surface area contributed by atoms with Gasteiger partial charge in [0.2, 0.25) is 0 Å². The van der Waals surface area contributed by atoms with Crippen LogP contribution in [-0.2, 0) is 15.7 Å². The van der Waals surface area contributed by atoms with Gasteiger partial charge in [-0.05, 0) is 6.07 Å². The molecule has 1 aromatic rings. The van der Waals surface area contributed by atoms with E-state index in [1.807, 2.05) is 0 Å². The topological polar surface area (TPSA) is 89.7 Å². The highest BCUT2D eigenvalue weighted by Crippen LogP contribution is 2.23. The molecule has 0 heterocycles. The van der Waals surface area contributed by atoms with Gasteiger partial charge in [0.05, 0.1) is 10.5 Å². The van der Waals surface area contributed by atoms with E-state index in [2.05, 4.69) is 18.4 Å². The van der Waals surface area contributed by atoms with Crippen molar-refractivity contribution >= 4 is 13.9 Å². The molecular weight excluding hydrogens is 257 g/mol. The van der Waals surface area contributed by atoms with Gasteiger partial charge in [-0.25, -0.2) is 0 Å². The van der Waals surface area contributed by atoms with Crippen LogP contribution < -0.4 is 0 Å². The van der Waals surface area contributed by atoms with Crippen LogP contribution in [0.3, 0.4) is 0 Å². The molecule has 0 radical (unpaired) electrons. The Morgan fingerprint density at radius 2 is 1.89 bits per heavy atom. The molecule has 1 atom stereocenters. The third-order valence-electron chi connectivity index (χ3n) is 2.02. The van der Waals surface area contributed by atoms with Gasteiger partial charge in [-0.15, -0.1) is 9.42 Å². The summed E-state index contributed by atoms with van der Waals surface area (Å²) >= 11 is 0. The lowest BCUT2D eigenvalue weighted by atomic mass is 10.2. The second-order valence-corrected chi connectivity index (χ2v) is 4.13. The van der Waals surface area contributed by atoms with Gasteiger partial charge in [-0.3, -0.25) is 10.1 Å².